The van der Waals surface area contributed by atoms with Crippen molar-refractivity contribution in [3.05, 3.63) is 34.9 Å². The third-order valence-electron chi connectivity index (χ3n) is 4.96. The lowest BCUT2D eigenvalue weighted by atomic mass is 9.63. The minimum absolute atomic E-state index is 0.304. The largest absolute Gasteiger partial charge is 0.308 e. The Bertz CT molecular complexity index is 483. The van der Waals surface area contributed by atoms with E-state index in [1.165, 1.54) is 18.4 Å². The third kappa shape index (κ3) is 2.93. The summed E-state index contributed by atoms with van der Waals surface area (Å²) in [6.45, 7) is 16.2. The molecule has 1 aromatic carbocycles. The maximum Gasteiger partial charge on any atom is 0.0294 e. The van der Waals surface area contributed by atoms with Crippen LogP contribution in [-0.2, 0) is 10.8 Å². The van der Waals surface area contributed by atoms with Crippen LogP contribution >= 0.6 is 0 Å². The molecule has 0 aliphatic heterocycles. The van der Waals surface area contributed by atoms with Gasteiger partial charge >= 0.3 is 0 Å². The van der Waals surface area contributed by atoms with E-state index in [1.807, 2.05) is 0 Å². The molecular formula is C19H31N. The summed E-state index contributed by atoms with van der Waals surface area (Å²) < 4.78 is 0. The highest BCUT2D eigenvalue weighted by Crippen LogP contribution is 2.46. The molecule has 0 saturated carbocycles. The molecule has 1 heteroatoms. The van der Waals surface area contributed by atoms with Gasteiger partial charge in [-0.3, -0.25) is 0 Å². The Kier molecular flexibility index (Phi) is 4.03. The highest BCUT2D eigenvalue weighted by atomic mass is 14.9. The fourth-order valence-electron chi connectivity index (χ4n) is 3.47. The molecule has 2 rings (SSSR count). The number of fused-ring (bicyclic) bond motifs is 1. The molecule has 0 fully saturated rings. The predicted molar refractivity (Wildman–Crippen MR) is 88.4 cm³/mol. The summed E-state index contributed by atoms with van der Waals surface area (Å²) in [7, 11) is 0. The van der Waals surface area contributed by atoms with Gasteiger partial charge in [-0.2, -0.15) is 0 Å². The first-order valence-electron chi connectivity index (χ1n) is 8.04. The van der Waals surface area contributed by atoms with Crippen LogP contribution in [0.2, 0.25) is 0 Å². The van der Waals surface area contributed by atoms with Crippen molar-refractivity contribution in [1.29, 1.82) is 0 Å². The van der Waals surface area contributed by atoms with Crippen LogP contribution in [0.4, 0.5) is 0 Å². The van der Waals surface area contributed by atoms with Gasteiger partial charge in [-0.05, 0) is 47.3 Å². The lowest BCUT2D eigenvalue weighted by Crippen LogP contribution is -2.34. The third-order valence-corrected chi connectivity index (χ3v) is 4.96. The molecule has 0 saturated heterocycles. The van der Waals surface area contributed by atoms with Gasteiger partial charge in [0.05, 0.1) is 0 Å². The normalized spacial score (nSPS) is 21.6. The van der Waals surface area contributed by atoms with Crippen LogP contribution in [0.15, 0.2) is 18.2 Å². The molecule has 1 nitrogen and oxygen atoms in total. The van der Waals surface area contributed by atoms with Crippen LogP contribution in [0.5, 0.6) is 0 Å². The standard InChI is InChI=1S/C19H31N/c1-13(2)20-14(3)15-8-9-16-17(12-15)19(6,7)11-10-18(16,4)5/h8-9,12-14,20H,10-11H2,1-7H3. The fourth-order valence-corrected chi connectivity index (χ4v) is 3.47. The van der Waals surface area contributed by atoms with Crippen LogP contribution in [0.1, 0.15) is 84.0 Å². The van der Waals surface area contributed by atoms with Gasteiger partial charge in [-0.15, -0.1) is 0 Å². The van der Waals surface area contributed by atoms with Crippen molar-refractivity contribution in [1.82, 2.24) is 5.32 Å². The molecule has 0 heterocycles. The van der Waals surface area contributed by atoms with Crippen LogP contribution in [0.25, 0.3) is 0 Å². The highest BCUT2D eigenvalue weighted by Gasteiger charge is 2.37. The molecule has 1 aliphatic carbocycles. The molecule has 0 amide bonds. The second kappa shape index (κ2) is 5.18. The average Bonchev–Trinajstić information content (AvgIpc) is 2.34. The summed E-state index contributed by atoms with van der Waals surface area (Å²) >= 11 is 0. The van der Waals surface area contributed by atoms with Crippen LogP contribution < -0.4 is 5.32 Å². The molecule has 1 aromatic rings. The van der Waals surface area contributed by atoms with Gasteiger partial charge in [0.25, 0.3) is 0 Å². The van der Waals surface area contributed by atoms with Crippen LogP contribution in [0.3, 0.4) is 0 Å². The maximum atomic E-state index is 3.61. The van der Waals surface area contributed by atoms with Crippen molar-refractivity contribution < 1.29 is 0 Å². The van der Waals surface area contributed by atoms with Gasteiger partial charge in [0.1, 0.15) is 0 Å². The first kappa shape index (κ1) is 15.6. The number of benzene rings is 1. The zero-order valence-electron chi connectivity index (χ0n) is 14.3. The molecule has 1 unspecified atom stereocenters. The van der Waals surface area contributed by atoms with E-state index in [0.29, 0.717) is 22.9 Å². The molecule has 0 spiro atoms. The van der Waals surface area contributed by atoms with E-state index in [9.17, 15) is 0 Å². The fraction of sp³-hybridized carbons (Fsp3) is 0.684. The first-order valence-corrected chi connectivity index (χ1v) is 8.04. The summed E-state index contributed by atoms with van der Waals surface area (Å²) in [6.07, 6.45) is 2.56. The van der Waals surface area contributed by atoms with Gasteiger partial charge in [0.15, 0.2) is 0 Å². The molecule has 0 aromatic heterocycles. The zero-order chi connectivity index (χ0) is 15.1. The second-order valence-corrected chi connectivity index (χ2v) is 8.12. The van der Waals surface area contributed by atoms with E-state index < -0.39 is 0 Å². The number of hydrogen-bond acceptors (Lipinski definition) is 1. The minimum atomic E-state index is 0.304. The Balaban J connectivity index is 2.43. The average molecular weight is 273 g/mol. The van der Waals surface area contributed by atoms with Crippen molar-refractivity contribution in [2.24, 2.45) is 0 Å². The quantitative estimate of drug-likeness (QED) is 0.808. The first-order chi connectivity index (χ1) is 9.13. The van der Waals surface area contributed by atoms with Crippen molar-refractivity contribution in [2.75, 3.05) is 0 Å². The van der Waals surface area contributed by atoms with E-state index in [4.69, 9.17) is 0 Å². The molecule has 1 aliphatic rings. The summed E-state index contributed by atoms with van der Waals surface area (Å²) in [4.78, 5) is 0. The molecule has 20 heavy (non-hydrogen) atoms. The molecule has 0 bridgehead atoms. The number of hydrogen-bond donors (Lipinski definition) is 1. The highest BCUT2D eigenvalue weighted by molar-refractivity contribution is 5.44. The van der Waals surface area contributed by atoms with Crippen molar-refractivity contribution in [2.45, 2.75) is 84.2 Å². The Hall–Kier alpha value is -0.820. The summed E-state index contributed by atoms with van der Waals surface area (Å²) in [5.74, 6) is 0. The minimum Gasteiger partial charge on any atom is -0.308 e. The molecule has 1 N–H and O–H groups in total. The summed E-state index contributed by atoms with van der Waals surface area (Å²) in [5.41, 5.74) is 5.15. The second-order valence-electron chi connectivity index (χ2n) is 8.12. The monoisotopic (exact) mass is 273 g/mol. The van der Waals surface area contributed by atoms with E-state index in [2.05, 4.69) is 72.0 Å². The lowest BCUT2D eigenvalue weighted by molar-refractivity contribution is 0.331. The topological polar surface area (TPSA) is 12.0 Å². The zero-order valence-corrected chi connectivity index (χ0v) is 14.3. The SMILES string of the molecule is CC(C)NC(C)c1ccc2c(c1)C(C)(C)CCC2(C)C. The Morgan fingerprint density at radius 2 is 1.45 bits per heavy atom. The van der Waals surface area contributed by atoms with Crippen molar-refractivity contribution in [3.8, 4) is 0 Å². The van der Waals surface area contributed by atoms with Gasteiger partial charge in [-0.25, -0.2) is 0 Å². The molecular weight excluding hydrogens is 242 g/mol. The predicted octanol–water partition coefficient (Wildman–Crippen LogP) is 5.09. The van der Waals surface area contributed by atoms with Gasteiger partial charge in [-0.1, -0.05) is 59.7 Å². The van der Waals surface area contributed by atoms with E-state index in [1.54, 1.807) is 11.1 Å². The van der Waals surface area contributed by atoms with E-state index in [-0.39, 0.29) is 0 Å². The number of nitrogens with one attached hydrogen (secondary N) is 1. The van der Waals surface area contributed by atoms with E-state index >= 15 is 0 Å². The molecule has 0 radical (unpaired) electrons. The Morgan fingerprint density at radius 1 is 0.900 bits per heavy atom. The van der Waals surface area contributed by atoms with Gasteiger partial charge in [0.2, 0.25) is 0 Å². The lowest BCUT2D eigenvalue weighted by Gasteiger charge is -2.42. The van der Waals surface area contributed by atoms with E-state index in [0.717, 1.165) is 0 Å². The smallest absolute Gasteiger partial charge is 0.0294 e. The number of rotatable bonds is 3. The molecule has 112 valence electrons. The summed E-state index contributed by atoms with van der Waals surface area (Å²) in [6, 6.07) is 8.09. The Labute approximate surface area is 125 Å². The van der Waals surface area contributed by atoms with Crippen molar-refractivity contribution in [3.63, 3.8) is 0 Å². The summed E-state index contributed by atoms with van der Waals surface area (Å²) in [5, 5.41) is 3.61. The Morgan fingerprint density at radius 3 is 2.00 bits per heavy atom. The van der Waals surface area contributed by atoms with Crippen LogP contribution in [0, 0.1) is 0 Å². The molecule has 1 atom stereocenters. The van der Waals surface area contributed by atoms with Crippen molar-refractivity contribution >= 4 is 0 Å². The van der Waals surface area contributed by atoms with Crippen LogP contribution in [-0.4, -0.2) is 6.04 Å². The maximum absolute atomic E-state index is 3.61. The van der Waals surface area contributed by atoms with Gasteiger partial charge < -0.3 is 5.32 Å². The van der Waals surface area contributed by atoms with Gasteiger partial charge in [0, 0.05) is 12.1 Å².